The Bertz CT molecular complexity index is 552. The molecule has 0 unspecified atom stereocenters. The summed E-state index contributed by atoms with van der Waals surface area (Å²) in [4.78, 5) is 4.53. The Balaban J connectivity index is 2.60. The smallest absolute Gasteiger partial charge is 0.147 e. The van der Waals surface area contributed by atoms with E-state index in [1.165, 1.54) is 0 Å². The van der Waals surface area contributed by atoms with E-state index in [2.05, 4.69) is 20.9 Å². The van der Waals surface area contributed by atoms with Gasteiger partial charge in [0, 0.05) is 18.3 Å². The van der Waals surface area contributed by atoms with E-state index in [1.54, 1.807) is 0 Å². The normalized spacial score (nSPS) is 11.8. The van der Waals surface area contributed by atoms with Crippen LogP contribution in [-0.2, 0) is 7.05 Å². The molecule has 1 aromatic carbocycles. The largest absolute Gasteiger partial charge is 0.335 e. The minimum absolute atomic E-state index is 0.691. The van der Waals surface area contributed by atoms with Crippen LogP contribution in [0.5, 0.6) is 0 Å². The van der Waals surface area contributed by atoms with Gasteiger partial charge in [-0.25, -0.2) is 4.99 Å². The molecular formula is C12H10BrClN2. The van der Waals surface area contributed by atoms with Gasteiger partial charge in [-0.15, -0.1) is 0 Å². The molecule has 0 saturated heterocycles. The van der Waals surface area contributed by atoms with Gasteiger partial charge < -0.3 is 4.57 Å². The summed E-state index contributed by atoms with van der Waals surface area (Å²) < 4.78 is 2.91. The monoisotopic (exact) mass is 296 g/mol. The van der Waals surface area contributed by atoms with E-state index in [0.29, 0.717) is 5.02 Å². The van der Waals surface area contributed by atoms with Crippen molar-refractivity contribution in [1.82, 2.24) is 4.57 Å². The summed E-state index contributed by atoms with van der Waals surface area (Å²) in [5.74, 6) is 0. The van der Waals surface area contributed by atoms with Gasteiger partial charge in [0.15, 0.2) is 0 Å². The third-order valence-corrected chi connectivity index (χ3v) is 3.00. The first kappa shape index (κ1) is 11.4. The number of rotatable bonds is 1. The van der Waals surface area contributed by atoms with Crippen molar-refractivity contribution >= 4 is 33.2 Å². The lowest BCUT2D eigenvalue weighted by molar-refractivity contribution is 0.828. The van der Waals surface area contributed by atoms with Crippen molar-refractivity contribution < 1.29 is 0 Å². The van der Waals surface area contributed by atoms with Gasteiger partial charge in [-0.3, -0.25) is 0 Å². The highest BCUT2D eigenvalue weighted by Gasteiger charge is 1.96. The van der Waals surface area contributed by atoms with Crippen LogP contribution >= 0.6 is 27.5 Å². The predicted octanol–water partition coefficient (Wildman–Crippen LogP) is 3.67. The predicted molar refractivity (Wildman–Crippen MR) is 69.8 cm³/mol. The van der Waals surface area contributed by atoms with Crippen LogP contribution in [-0.4, -0.2) is 4.57 Å². The molecule has 0 radical (unpaired) electrons. The van der Waals surface area contributed by atoms with Crippen molar-refractivity contribution in [3.05, 3.63) is 57.6 Å². The number of pyridine rings is 1. The van der Waals surface area contributed by atoms with Crippen molar-refractivity contribution in [2.24, 2.45) is 12.0 Å². The zero-order chi connectivity index (χ0) is 11.5. The molecule has 0 aliphatic carbocycles. The molecule has 82 valence electrons. The van der Waals surface area contributed by atoms with Gasteiger partial charge in [0.1, 0.15) is 5.49 Å². The number of hydrogen-bond donors (Lipinski definition) is 0. The van der Waals surface area contributed by atoms with Crippen molar-refractivity contribution in [2.75, 3.05) is 0 Å². The maximum atomic E-state index is 5.91. The lowest BCUT2D eigenvalue weighted by Crippen LogP contribution is -2.17. The number of benzene rings is 1. The molecule has 4 heteroatoms. The Morgan fingerprint density at radius 3 is 2.75 bits per heavy atom. The molecule has 2 nitrogen and oxygen atoms in total. The van der Waals surface area contributed by atoms with Crippen LogP contribution in [0.3, 0.4) is 0 Å². The summed E-state index contributed by atoms with van der Waals surface area (Å²) in [6.07, 6.45) is 1.95. The number of hydrogen-bond acceptors (Lipinski definition) is 1. The molecule has 0 amide bonds. The number of aromatic nitrogens is 1. The van der Waals surface area contributed by atoms with E-state index in [1.807, 2.05) is 54.2 Å². The number of halogens is 2. The van der Waals surface area contributed by atoms with Crippen LogP contribution in [0.1, 0.15) is 0 Å². The number of aryl methyl sites for hydroxylation is 1. The van der Waals surface area contributed by atoms with Crippen molar-refractivity contribution in [3.63, 3.8) is 0 Å². The molecule has 0 spiro atoms. The second-order valence-corrected chi connectivity index (χ2v) is 4.67. The molecule has 0 fully saturated rings. The molecule has 0 bridgehead atoms. The third kappa shape index (κ3) is 2.54. The van der Waals surface area contributed by atoms with E-state index in [4.69, 9.17) is 11.6 Å². The van der Waals surface area contributed by atoms with Gasteiger partial charge >= 0.3 is 0 Å². The SMILES string of the molecule is Cn1cccc(Br)c1=Nc1cccc(Cl)c1. The second-order valence-electron chi connectivity index (χ2n) is 3.38. The Kier molecular flexibility index (Phi) is 3.46. The van der Waals surface area contributed by atoms with E-state index in [9.17, 15) is 0 Å². The van der Waals surface area contributed by atoms with Gasteiger partial charge in [0.05, 0.1) is 10.2 Å². The van der Waals surface area contributed by atoms with E-state index in [-0.39, 0.29) is 0 Å². The quantitative estimate of drug-likeness (QED) is 0.764. The first-order chi connectivity index (χ1) is 7.66. The molecule has 2 rings (SSSR count). The summed E-state index contributed by atoms with van der Waals surface area (Å²) in [6, 6.07) is 11.4. The molecular weight excluding hydrogens is 288 g/mol. The van der Waals surface area contributed by atoms with E-state index < -0.39 is 0 Å². The molecule has 0 atom stereocenters. The maximum Gasteiger partial charge on any atom is 0.147 e. The maximum absolute atomic E-state index is 5.91. The minimum atomic E-state index is 0.691. The van der Waals surface area contributed by atoms with Gasteiger partial charge in [0.2, 0.25) is 0 Å². The van der Waals surface area contributed by atoms with Crippen LogP contribution in [0, 0.1) is 0 Å². The van der Waals surface area contributed by atoms with Crippen molar-refractivity contribution in [2.45, 2.75) is 0 Å². The molecule has 1 aromatic heterocycles. The Labute approximate surface area is 107 Å². The van der Waals surface area contributed by atoms with Gasteiger partial charge in [-0.1, -0.05) is 17.7 Å². The summed E-state index contributed by atoms with van der Waals surface area (Å²) in [5.41, 5.74) is 1.71. The first-order valence-corrected chi connectivity index (χ1v) is 5.95. The van der Waals surface area contributed by atoms with Crippen LogP contribution in [0.4, 0.5) is 5.69 Å². The molecule has 0 N–H and O–H groups in total. The standard InChI is InChI=1S/C12H10BrClN2/c1-16-7-3-6-11(13)12(16)15-10-5-2-4-9(14)8-10/h2-8H,1H3. The fraction of sp³-hybridized carbons (Fsp3) is 0.0833. The fourth-order valence-corrected chi connectivity index (χ4v) is 2.08. The second kappa shape index (κ2) is 4.85. The van der Waals surface area contributed by atoms with Gasteiger partial charge in [-0.2, -0.15) is 0 Å². The van der Waals surface area contributed by atoms with Crippen molar-refractivity contribution in [3.8, 4) is 0 Å². The molecule has 2 aromatic rings. The Morgan fingerprint density at radius 1 is 1.25 bits per heavy atom. The lowest BCUT2D eigenvalue weighted by atomic mass is 10.3. The Hall–Kier alpha value is -1.06. The summed E-state index contributed by atoms with van der Waals surface area (Å²) in [7, 11) is 1.95. The average Bonchev–Trinajstić information content (AvgIpc) is 2.24. The lowest BCUT2D eigenvalue weighted by Gasteiger charge is -2.01. The van der Waals surface area contributed by atoms with Gasteiger partial charge in [0.25, 0.3) is 0 Å². The summed E-state index contributed by atoms with van der Waals surface area (Å²) in [6.45, 7) is 0. The highest BCUT2D eigenvalue weighted by molar-refractivity contribution is 9.10. The first-order valence-electron chi connectivity index (χ1n) is 4.78. The zero-order valence-corrected chi connectivity index (χ0v) is 11.0. The highest BCUT2D eigenvalue weighted by atomic mass is 79.9. The molecule has 16 heavy (non-hydrogen) atoms. The molecule has 0 saturated carbocycles. The fourth-order valence-electron chi connectivity index (χ4n) is 1.37. The summed E-state index contributed by atoms with van der Waals surface area (Å²) >= 11 is 9.39. The van der Waals surface area contributed by atoms with E-state index in [0.717, 1.165) is 15.6 Å². The van der Waals surface area contributed by atoms with E-state index >= 15 is 0 Å². The third-order valence-electron chi connectivity index (χ3n) is 2.14. The number of nitrogens with zero attached hydrogens (tertiary/aromatic N) is 2. The Morgan fingerprint density at radius 2 is 2.06 bits per heavy atom. The zero-order valence-electron chi connectivity index (χ0n) is 8.69. The van der Waals surface area contributed by atoms with Gasteiger partial charge in [-0.05, 0) is 46.3 Å². The summed E-state index contributed by atoms with van der Waals surface area (Å²) in [5, 5.41) is 0.691. The molecule has 1 heterocycles. The topological polar surface area (TPSA) is 17.3 Å². The molecule has 0 aliphatic rings. The highest BCUT2D eigenvalue weighted by Crippen LogP contribution is 2.17. The van der Waals surface area contributed by atoms with Crippen LogP contribution in [0.15, 0.2) is 52.1 Å². The molecule has 0 aliphatic heterocycles. The van der Waals surface area contributed by atoms with Crippen LogP contribution < -0.4 is 5.49 Å². The minimum Gasteiger partial charge on any atom is -0.335 e. The van der Waals surface area contributed by atoms with Crippen LogP contribution in [0.25, 0.3) is 0 Å². The average molecular weight is 298 g/mol. The van der Waals surface area contributed by atoms with Crippen molar-refractivity contribution in [1.29, 1.82) is 0 Å². The van der Waals surface area contributed by atoms with Crippen LogP contribution in [0.2, 0.25) is 5.02 Å².